The minimum atomic E-state index is -3.43. The van der Waals surface area contributed by atoms with Crippen molar-refractivity contribution in [3.8, 4) is 0 Å². The number of hydrogen-bond acceptors (Lipinski definition) is 4. The molecular formula is C15H28N2O2S2. The Morgan fingerprint density at radius 1 is 1.33 bits per heavy atom. The molecule has 0 saturated heterocycles. The van der Waals surface area contributed by atoms with Crippen LogP contribution in [0.4, 0.5) is 0 Å². The summed E-state index contributed by atoms with van der Waals surface area (Å²) in [5.74, 6) is 0. The van der Waals surface area contributed by atoms with Gasteiger partial charge in [0.25, 0.3) is 0 Å². The summed E-state index contributed by atoms with van der Waals surface area (Å²) in [5, 5.41) is 3.32. The van der Waals surface area contributed by atoms with E-state index in [2.05, 4.69) is 17.0 Å². The largest absolute Gasteiger partial charge is 0.312 e. The van der Waals surface area contributed by atoms with E-state index in [1.807, 2.05) is 34.6 Å². The molecule has 1 aromatic heterocycles. The van der Waals surface area contributed by atoms with Crippen molar-refractivity contribution in [1.82, 2.24) is 10.0 Å². The molecule has 0 fully saturated rings. The standard InChI is InChI=1S/C15H28N2O2S2/c1-7-8-16-10-13-11(2)9-14(20-13)21(18,19)17-12(3)15(4,5)6/h9,12,16-17H,7-8,10H2,1-6H3. The molecule has 0 aromatic carbocycles. The highest BCUT2D eigenvalue weighted by Gasteiger charge is 2.27. The van der Waals surface area contributed by atoms with Crippen LogP contribution in [0, 0.1) is 12.3 Å². The van der Waals surface area contributed by atoms with Gasteiger partial charge in [0, 0.05) is 17.5 Å². The summed E-state index contributed by atoms with van der Waals surface area (Å²) >= 11 is 1.36. The minimum Gasteiger partial charge on any atom is -0.312 e. The van der Waals surface area contributed by atoms with Crippen LogP contribution in [0.25, 0.3) is 0 Å². The second-order valence-corrected chi connectivity index (χ2v) is 9.63. The molecule has 0 spiro atoms. The molecule has 1 atom stereocenters. The van der Waals surface area contributed by atoms with Gasteiger partial charge in [0.2, 0.25) is 10.0 Å². The fourth-order valence-corrected chi connectivity index (χ4v) is 4.67. The van der Waals surface area contributed by atoms with Gasteiger partial charge in [-0.2, -0.15) is 0 Å². The summed E-state index contributed by atoms with van der Waals surface area (Å²) in [7, 11) is -3.43. The summed E-state index contributed by atoms with van der Waals surface area (Å²) in [6.07, 6.45) is 1.07. The van der Waals surface area contributed by atoms with Crippen molar-refractivity contribution >= 4 is 21.4 Å². The molecule has 1 rings (SSSR count). The third kappa shape index (κ3) is 5.36. The first-order chi connectivity index (χ1) is 9.58. The van der Waals surface area contributed by atoms with E-state index >= 15 is 0 Å². The smallest absolute Gasteiger partial charge is 0.250 e. The molecule has 6 heteroatoms. The highest BCUT2D eigenvalue weighted by Crippen LogP contribution is 2.27. The van der Waals surface area contributed by atoms with Gasteiger partial charge in [0.15, 0.2) is 0 Å². The second-order valence-electron chi connectivity index (χ2n) is 6.56. The number of rotatable bonds is 7. The SMILES string of the molecule is CCCNCc1sc(S(=O)(=O)NC(C)C(C)(C)C)cc1C. The van der Waals surface area contributed by atoms with Gasteiger partial charge in [0.05, 0.1) is 0 Å². The molecular weight excluding hydrogens is 304 g/mol. The lowest BCUT2D eigenvalue weighted by Gasteiger charge is -2.27. The fraction of sp³-hybridized carbons (Fsp3) is 0.733. The lowest BCUT2D eigenvalue weighted by molar-refractivity contribution is 0.318. The summed E-state index contributed by atoms with van der Waals surface area (Å²) in [6, 6.07) is 1.65. The molecule has 0 radical (unpaired) electrons. The maximum atomic E-state index is 12.5. The van der Waals surface area contributed by atoms with Crippen molar-refractivity contribution in [2.24, 2.45) is 5.41 Å². The van der Waals surface area contributed by atoms with E-state index in [1.165, 1.54) is 11.3 Å². The number of hydrogen-bond donors (Lipinski definition) is 2. The van der Waals surface area contributed by atoms with Crippen molar-refractivity contribution in [1.29, 1.82) is 0 Å². The minimum absolute atomic E-state index is 0.106. The van der Waals surface area contributed by atoms with Crippen LogP contribution in [0.2, 0.25) is 0 Å². The van der Waals surface area contributed by atoms with Crippen LogP contribution in [0.3, 0.4) is 0 Å². The summed E-state index contributed by atoms with van der Waals surface area (Å²) in [5.41, 5.74) is 0.928. The Bertz CT molecular complexity index is 557. The molecule has 0 bridgehead atoms. The third-order valence-corrected chi connectivity index (χ3v) is 6.86. The first-order valence-electron chi connectivity index (χ1n) is 7.40. The normalized spacial score (nSPS) is 14.4. The second kappa shape index (κ2) is 7.22. The van der Waals surface area contributed by atoms with Crippen LogP contribution in [-0.2, 0) is 16.6 Å². The molecule has 21 heavy (non-hydrogen) atoms. The van der Waals surface area contributed by atoms with E-state index < -0.39 is 10.0 Å². The molecule has 1 aromatic rings. The molecule has 0 aliphatic rings. The zero-order valence-electron chi connectivity index (χ0n) is 13.9. The molecule has 4 nitrogen and oxygen atoms in total. The monoisotopic (exact) mass is 332 g/mol. The van der Waals surface area contributed by atoms with E-state index in [0.717, 1.165) is 30.0 Å². The highest BCUT2D eigenvalue weighted by molar-refractivity contribution is 7.91. The van der Waals surface area contributed by atoms with Crippen LogP contribution in [0.5, 0.6) is 0 Å². The van der Waals surface area contributed by atoms with Crippen LogP contribution >= 0.6 is 11.3 Å². The van der Waals surface area contributed by atoms with E-state index in [1.54, 1.807) is 6.07 Å². The Morgan fingerprint density at radius 2 is 1.95 bits per heavy atom. The Morgan fingerprint density at radius 3 is 2.48 bits per heavy atom. The molecule has 0 aliphatic heterocycles. The number of sulfonamides is 1. The lowest BCUT2D eigenvalue weighted by Crippen LogP contribution is -2.41. The molecule has 1 heterocycles. The summed E-state index contributed by atoms with van der Waals surface area (Å²) < 4.78 is 28.1. The Balaban J connectivity index is 2.87. The first-order valence-corrected chi connectivity index (χ1v) is 9.70. The zero-order chi connectivity index (χ0) is 16.3. The van der Waals surface area contributed by atoms with Crippen molar-refractivity contribution in [3.05, 3.63) is 16.5 Å². The van der Waals surface area contributed by atoms with Crippen molar-refractivity contribution in [3.63, 3.8) is 0 Å². The van der Waals surface area contributed by atoms with Gasteiger partial charge >= 0.3 is 0 Å². The Kier molecular flexibility index (Phi) is 6.40. The highest BCUT2D eigenvalue weighted by atomic mass is 32.2. The van der Waals surface area contributed by atoms with Gasteiger partial charge in [-0.25, -0.2) is 13.1 Å². The molecule has 0 aliphatic carbocycles. The topological polar surface area (TPSA) is 58.2 Å². The van der Waals surface area contributed by atoms with Crippen molar-refractivity contribution in [2.45, 2.75) is 64.8 Å². The number of nitrogens with one attached hydrogen (secondary N) is 2. The number of thiophene rings is 1. The molecule has 122 valence electrons. The predicted molar refractivity (Wildman–Crippen MR) is 90.3 cm³/mol. The average molecular weight is 333 g/mol. The van der Waals surface area contributed by atoms with Crippen LogP contribution < -0.4 is 10.0 Å². The Labute approximate surface area is 133 Å². The predicted octanol–water partition coefficient (Wildman–Crippen LogP) is 3.27. The summed E-state index contributed by atoms with van der Waals surface area (Å²) in [6.45, 7) is 13.7. The van der Waals surface area contributed by atoms with E-state index in [9.17, 15) is 8.42 Å². The van der Waals surface area contributed by atoms with E-state index in [4.69, 9.17) is 0 Å². The van der Waals surface area contributed by atoms with Gasteiger partial charge in [0.1, 0.15) is 4.21 Å². The maximum Gasteiger partial charge on any atom is 0.250 e. The quantitative estimate of drug-likeness (QED) is 0.754. The van der Waals surface area contributed by atoms with Gasteiger partial charge in [-0.15, -0.1) is 11.3 Å². The molecule has 1 unspecified atom stereocenters. The number of aryl methyl sites for hydroxylation is 1. The fourth-order valence-electron chi connectivity index (χ4n) is 1.64. The van der Waals surface area contributed by atoms with Crippen molar-refractivity contribution < 1.29 is 8.42 Å². The lowest BCUT2D eigenvalue weighted by atomic mass is 9.89. The Hall–Kier alpha value is -0.430. The molecule has 0 saturated carbocycles. The van der Waals surface area contributed by atoms with Gasteiger partial charge < -0.3 is 5.32 Å². The zero-order valence-corrected chi connectivity index (χ0v) is 15.5. The molecule has 2 N–H and O–H groups in total. The van der Waals surface area contributed by atoms with Gasteiger partial charge in [-0.1, -0.05) is 27.7 Å². The third-order valence-electron chi connectivity index (χ3n) is 3.61. The van der Waals surface area contributed by atoms with Gasteiger partial charge in [-0.05, 0) is 43.9 Å². The summed E-state index contributed by atoms with van der Waals surface area (Å²) in [4.78, 5) is 1.09. The molecule has 0 amide bonds. The van der Waals surface area contributed by atoms with Gasteiger partial charge in [-0.3, -0.25) is 0 Å². The maximum absolute atomic E-state index is 12.5. The van der Waals surface area contributed by atoms with Crippen LogP contribution in [0.1, 0.15) is 51.5 Å². The van der Waals surface area contributed by atoms with Crippen LogP contribution in [0.15, 0.2) is 10.3 Å². The first kappa shape index (κ1) is 18.6. The van der Waals surface area contributed by atoms with E-state index in [0.29, 0.717) is 4.21 Å². The average Bonchev–Trinajstić information content (AvgIpc) is 2.70. The van der Waals surface area contributed by atoms with Crippen LogP contribution in [-0.4, -0.2) is 21.0 Å². The van der Waals surface area contributed by atoms with E-state index in [-0.39, 0.29) is 11.5 Å². The van der Waals surface area contributed by atoms with Crippen molar-refractivity contribution in [2.75, 3.05) is 6.54 Å².